The van der Waals surface area contributed by atoms with Crippen molar-refractivity contribution in [1.29, 1.82) is 0 Å². The minimum atomic E-state index is -0.122. The number of anilines is 1. The van der Waals surface area contributed by atoms with Crippen LogP contribution in [0.5, 0.6) is 5.75 Å². The molecule has 3 nitrogen and oxygen atoms in total. The highest BCUT2D eigenvalue weighted by Gasteiger charge is 1.99. The van der Waals surface area contributed by atoms with E-state index in [0.29, 0.717) is 0 Å². The van der Waals surface area contributed by atoms with Crippen LogP contribution in [-0.4, -0.2) is 13.0 Å². The third-order valence-corrected chi connectivity index (χ3v) is 1.76. The zero-order valence-corrected chi connectivity index (χ0v) is 9.20. The van der Waals surface area contributed by atoms with E-state index in [4.69, 9.17) is 4.74 Å². The second-order valence-corrected chi connectivity index (χ2v) is 3.44. The SMILES string of the molecule is COc1cccc(NC(=O)C=C(C)C)c1. The van der Waals surface area contributed by atoms with Gasteiger partial charge in [-0.05, 0) is 26.0 Å². The molecule has 1 rings (SSSR count). The van der Waals surface area contributed by atoms with Crippen LogP contribution >= 0.6 is 0 Å². The van der Waals surface area contributed by atoms with E-state index >= 15 is 0 Å². The van der Waals surface area contributed by atoms with E-state index in [2.05, 4.69) is 5.32 Å². The average Bonchev–Trinajstić information content (AvgIpc) is 2.16. The first-order chi connectivity index (χ1) is 7.11. The van der Waals surface area contributed by atoms with Crippen LogP contribution in [0.4, 0.5) is 5.69 Å². The summed E-state index contributed by atoms with van der Waals surface area (Å²) in [5, 5.41) is 2.75. The van der Waals surface area contributed by atoms with E-state index in [1.807, 2.05) is 32.0 Å². The summed E-state index contributed by atoms with van der Waals surface area (Å²) in [5.74, 6) is 0.605. The van der Waals surface area contributed by atoms with Gasteiger partial charge in [-0.1, -0.05) is 11.6 Å². The maximum absolute atomic E-state index is 11.4. The molecule has 0 unspecified atom stereocenters. The van der Waals surface area contributed by atoms with E-state index < -0.39 is 0 Å². The molecule has 0 spiro atoms. The molecular formula is C12H15NO2. The highest BCUT2D eigenvalue weighted by molar-refractivity contribution is 5.99. The van der Waals surface area contributed by atoms with Gasteiger partial charge in [0.25, 0.3) is 0 Å². The predicted molar refractivity (Wildman–Crippen MR) is 61.1 cm³/mol. The number of carbonyl (C=O) groups is 1. The minimum Gasteiger partial charge on any atom is -0.497 e. The van der Waals surface area contributed by atoms with Crippen LogP contribution in [0.1, 0.15) is 13.8 Å². The summed E-state index contributed by atoms with van der Waals surface area (Å²) in [7, 11) is 1.59. The Labute approximate surface area is 89.8 Å². The van der Waals surface area contributed by atoms with Gasteiger partial charge >= 0.3 is 0 Å². The van der Waals surface area contributed by atoms with E-state index in [-0.39, 0.29) is 5.91 Å². The molecule has 0 aliphatic carbocycles. The molecule has 0 fully saturated rings. The van der Waals surface area contributed by atoms with Crippen LogP contribution in [0.3, 0.4) is 0 Å². The number of carbonyl (C=O) groups excluding carboxylic acids is 1. The molecule has 0 radical (unpaired) electrons. The summed E-state index contributed by atoms with van der Waals surface area (Å²) in [4.78, 5) is 11.4. The number of amides is 1. The van der Waals surface area contributed by atoms with Crippen molar-refractivity contribution in [2.45, 2.75) is 13.8 Å². The molecule has 1 aromatic rings. The molecule has 3 heteroatoms. The van der Waals surface area contributed by atoms with Crippen molar-refractivity contribution in [2.75, 3.05) is 12.4 Å². The van der Waals surface area contributed by atoms with Gasteiger partial charge in [0.1, 0.15) is 5.75 Å². The first kappa shape index (κ1) is 11.3. The van der Waals surface area contributed by atoms with Crippen LogP contribution in [0.25, 0.3) is 0 Å². The summed E-state index contributed by atoms with van der Waals surface area (Å²) in [6.07, 6.45) is 1.56. The summed E-state index contributed by atoms with van der Waals surface area (Å²) >= 11 is 0. The topological polar surface area (TPSA) is 38.3 Å². The van der Waals surface area contributed by atoms with Crippen molar-refractivity contribution in [1.82, 2.24) is 0 Å². The quantitative estimate of drug-likeness (QED) is 0.770. The summed E-state index contributed by atoms with van der Waals surface area (Å²) in [6.45, 7) is 3.76. The average molecular weight is 205 g/mol. The van der Waals surface area contributed by atoms with Gasteiger partial charge in [-0.25, -0.2) is 0 Å². The lowest BCUT2D eigenvalue weighted by Crippen LogP contribution is -2.08. The fourth-order valence-electron chi connectivity index (χ4n) is 1.14. The second kappa shape index (κ2) is 5.20. The molecule has 1 amide bonds. The maximum Gasteiger partial charge on any atom is 0.248 e. The van der Waals surface area contributed by atoms with E-state index in [9.17, 15) is 4.79 Å². The first-order valence-corrected chi connectivity index (χ1v) is 4.72. The Morgan fingerprint density at radius 1 is 1.40 bits per heavy atom. The summed E-state index contributed by atoms with van der Waals surface area (Å²) < 4.78 is 5.05. The number of hydrogen-bond donors (Lipinski definition) is 1. The Kier molecular flexibility index (Phi) is 3.92. The Morgan fingerprint density at radius 2 is 2.13 bits per heavy atom. The van der Waals surface area contributed by atoms with Crippen LogP contribution in [0.2, 0.25) is 0 Å². The molecule has 0 aliphatic heterocycles. The van der Waals surface area contributed by atoms with Crippen molar-refractivity contribution < 1.29 is 9.53 Å². The summed E-state index contributed by atoms with van der Waals surface area (Å²) in [6, 6.07) is 7.25. The van der Waals surface area contributed by atoms with E-state index in [0.717, 1.165) is 17.0 Å². The molecule has 15 heavy (non-hydrogen) atoms. The molecule has 0 saturated carbocycles. The van der Waals surface area contributed by atoms with Gasteiger partial charge in [0.2, 0.25) is 5.91 Å². The molecule has 0 aromatic heterocycles. The standard InChI is InChI=1S/C12H15NO2/c1-9(2)7-12(14)13-10-5-4-6-11(8-10)15-3/h4-8H,1-3H3,(H,13,14). The van der Waals surface area contributed by atoms with Gasteiger partial charge in [-0.15, -0.1) is 0 Å². The van der Waals surface area contributed by atoms with Gasteiger partial charge in [-0.2, -0.15) is 0 Å². The molecule has 0 bridgehead atoms. The van der Waals surface area contributed by atoms with Crippen LogP contribution < -0.4 is 10.1 Å². The lowest BCUT2D eigenvalue weighted by molar-refractivity contribution is -0.111. The highest BCUT2D eigenvalue weighted by atomic mass is 16.5. The van der Waals surface area contributed by atoms with Gasteiger partial charge in [0.15, 0.2) is 0 Å². The van der Waals surface area contributed by atoms with Crippen molar-refractivity contribution in [2.24, 2.45) is 0 Å². The fourth-order valence-corrected chi connectivity index (χ4v) is 1.14. The van der Waals surface area contributed by atoms with Gasteiger partial charge in [0, 0.05) is 17.8 Å². The highest BCUT2D eigenvalue weighted by Crippen LogP contribution is 2.16. The van der Waals surface area contributed by atoms with Crippen molar-refractivity contribution in [3.05, 3.63) is 35.9 Å². The number of nitrogens with one attached hydrogen (secondary N) is 1. The maximum atomic E-state index is 11.4. The van der Waals surface area contributed by atoms with Crippen molar-refractivity contribution in [3.63, 3.8) is 0 Å². The first-order valence-electron chi connectivity index (χ1n) is 4.72. The molecule has 0 aliphatic rings. The van der Waals surface area contributed by atoms with Crippen LogP contribution in [-0.2, 0) is 4.79 Å². The molecular weight excluding hydrogens is 190 g/mol. The monoisotopic (exact) mass is 205 g/mol. The zero-order valence-electron chi connectivity index (χ0n) is 9.20. The van der Waals surface area contributed by atoms with Gasteiger partial charge < -0.3 is 10.1 Å². The number of allylic oxidation sites excluding steroid dienone is 1. The predicted octanol–water partition coefficient (Wildman–Crippen LogP) is 2.60. The molecule has 80 valence electrons. The Hall–Kier alpha value is -1.77. The second-order valence-electron chi connectivity index (χ2n) is 3.44. The lowest BCUT2D eigenvalue weighted by Gasteiger charge is -2.04. The van der Waals surface area contributed by atoms with Crippen LogP contribution in [0, 0.1) is 0 Å². The molecule has 1 aromatic carbocycles. The fraction of sp³-hybridized carbons (Fsp3) is 0.250. The largest absolute Gasteiger partial charge is 0.497 e. The summed E-state index contributed by atoms with van der Waals surface area (Å²) in [5.41, 5.74) is 1.70. The Balaban J connectivity index is 2.72. The Morgan fingerprint density at radius 3 is 2.73 bits per heavy atom. The number of rotatable bonds is 3. The number of benzene rings is 1. The van der Waals surface area contributed by atoms with Gasteiger partial charge in [-0.3, -0.25) is 4.79 Å². The van der Waals surface area contributed by atoms with Gasteiger partial charge in [0.05, 0.1) is 7.11 Å². The number of methoxy groups -OCH3 is 1. The van der Waals surface area contributed by atoms with Crippen molar-refractivity contribution >= 4 is 11.6 Å². The number of ether oxygens (including phenoxy) is 1. The molecule has 0 atom stereocenters. The Bertz CT molecular complexity index is 379. The third kappa shape index (κ3) is 3.85. The smallest absolute Gasteiger partial charge is 0.248 e. The van der Waals surface area contributed by atoms with E-state index in [1.165, 1.54) is 0 Å². The lowest BCUT2D eigenvalue weighted by atomic mass is 10.3. The normalized spacial score (nSPS) is 9.27. The molecule has 1 N–H and O–H groups in total. The van der Waals surface area contributed by atoms with Crippen molar-refractivity contribution in [3.8, 4) is 5.75 Å². The van der Waals surface area contributed by atoms with E-state index in [1.54, 1.807) is 19.3 Å². The molecule has 0 saturated heterocycles. The minimum absolute atomic E-state index is 0.122. The third-order valence-electron chi connectivity index (χ3n) is 1.76. The zero-order chi connectivity index (χ0) is 11.3. The number of hydrogen-bond acceptors (Lipinski definition) is 2. The van der Waals surface area contributed by atoms with Crippen LogP contribution in [0.15, 0.2) is 35.9 Å². The molecule has 0 heterocycles.